The summed E-state index contributed by atoms with van der Waals surface area (Å²) >= 11 is 1.08. The van der Waals surface area contributed by atoms with Gasteiger partial charge in [0, 0.05) is 6.61 Å². The fourth-order valence-electron chi connectivity index (χ4n) is 1.22. The summed E-state index contributed by atoms with van der Waals surface area (Å²) in [6.07, 6.45) is 0.847. The average Bonchev–Trinajstić information content (AvgIpc) is 2.75. The van der Waals surface area contributed by atoms with Gasteiger partial charge in [-0.1, -0.05) is 11.3 Å². The summed E-state index contributed by atoms with van der Waals surface area (Å²) in [5, 5.41) is 10.6. The number of nitrogens with zero attached hydrogens (tertiary/aromatic N) is 2. The van der Waals surface area contributed by atoms with Crippen LogP contribution in [-0.4, -0.2) is 35.4 Å². The van der Waals surface area contributed by atoms with Crippen molar-refractivity contribution in [1.82, 2.24) is 15.5 Å². The number of aromatic nitrogens is 2. The van der Waals surface area contributed by atoms with Crippen LogP contribution in [-0.2, 0) is 4.74 Å². The molecule has 0 radical (unpaired) electrons. The Balaban J connectivity index is 1.95. The Labute approximate surface area is 84.5 Å². The van der Waals surface area contributed by atoms with E-state index < -0.39 is 0 Å². The second-order valence-corrected chi connectivity index (χ2v) is 3.99. The molecule has 6 nitrogen and oxygen atoms in total. The third-order valence-electron chi connectivity index (χ3n) is 1.90. The zero-order chi connectivity index (χ0) is 9.97. The lowest BCUT2D eigenvalue weighted by molar-refractivity contribution is 0.0929. The normalized spacial score (nSPS) is 21.0. The lowest BCUT2D eigenvalue weighted by atomic mass is 10.2. The first kappa shape index (κ1) is 9.35. The number of hydrogen-bond donors (Lipinski definition) is 2. The second-order valence-electron chi connectivity index (χ2n) is 2.98. The molecule has 0 spiro atoms. The van der Waals surface area contributed by atoms with Crippen LogP contribution in [0.4, 0.5) is 5.13 Å². The Morgan fingerprint density at radius 2 is 2.50 bits per heavy atom. The number of ether oxygens (including phenoxy) is 1. The summed E-state index contributed by atoms with van der Waals surface area (Å²) in [6, 6.07) is 0.0904. The van der Waals surface area contributed by atoms with Crippen LogP contribution < -0.4 is 11.1 Å². The van der Waals surface area contributed by atoms with Crippen LogP contribution in [0, 0.1) is 0 Å². The fraction of sp³-hybridized carbons (Fsp3) is 0.571. The van der Waals surface area contributed by atoms with Gasteiger partial charge in [0.25, 0.3) is 5.91 Å². The highest BCUT2D eigenvalue weighted by molar-refractivity contribution is 7.16. The van der Waals surface area contributed by atoms with Crippen LogP contribution >= 0.6 is 11.3 Å². The van der Waals surface area contributed by atoms with Gasteiger partial charge in [0.1, 0.15) is 0 Å². The SMILES string of the molecule is Nc1nnc(C(=O)NC2CCOC2)s1. The molecule has 2 rings (SSSR count). The molecule has 1 aliphatic heterocycles. The Morgan fingerprint density at radius 3 is 3.07 bits per heavy atom. The summed E-state index contributed by atoms with van der Waals surface area (Å²) in [6.45, 7) is 1.27. The average molecular weight is 214 g/mol. The molecule has 2 heterocycles. The predicted octanol–water partition coefficient (Wildman–Crippen LogP) is -0.361. The van der Waals surface area contributed by atoms with Crippen molar-refractivity contribution in [2.24, 2.45) is 0 Å². The molecule has 1 aliphatic rings. The molecule has 0 aromatic carbocycles. The van der Waals surface area contributed by atoms with E-state index >= 15 is 0 Å². The van der Waals surface area contributed by atoms with Gasteiger partial charge in [-0.25, -0.2) is 0 Å². The minimum Gasteiger partial charge on any atom is -0.379 e. The summed E-state index contributed by atoms with van der Waals surface area (Å²) in [5.74, 6) is -0.227. The van der Waals surface area contributed by atoms with Gasteiger partial charge in [-0.2, -0.15) is 0 Å². The molecule has 0 aliphatic carbocycles. The Kier molecular flexibility index (Phi) is 2.60. The standard InChI is InChI=1S/C7H10N4O2S/c8-7-11-10-6(14-7)5(12)9-4-1-2-13-3-4/h4H,1-3H2,(H2,8,11)(H,9,12). The van der Waals surface area contributed by atoms with Crippen molar-refractivity contribution in [1.29, 1.82) is 0 Å². The van der Waals surface area contributed by atoms with Gasteiger partial charge in [-0.3, -0.25) is 4.79 Å². The van der Waals surface area contributed by atoms with Gasteiger partial charge < -0.3 is 15.8 Å². The Bertz CT molecular complexity index is 334. The van der Waals surface area contributed by atoms with Crippen molar-refractivity contribution in [2.45, 2.75) is 12.5 Å². The van der Waals surface area contributed by atoms with Gasteiger partial charge in [0.15, 0.2) is 0 Å². The maximum absolute atomic E-state index is 11.5. The number of carbonyl (C=O) groups excluding carboxylic acids is 1. The molecule has 1 aromatic rings. The first-order chi connectivity index (χ1) is 6.75. The van der Waals surface area contributed by atoms with Gasteiger partial charge >= 0.3 is 0 Å². The summed E-state index contributed by atoms with van der Waals surface area (Å²) in [5.41, 5.74) is 5.36. The molecule has 1 amide bonds. The predicted molar refractivity (Wildman–Crippen MR) is 51.0 cm³/mol. The number of amides is 1. The van der Waals surface area contributed by atoms with E-state index in [1.807, 2.05) is 0 Å². The maximum Gasteiger partial charge on any atom is 0.282 e. The summed E-state index contributed by atoms with van der Waals surface area (Å²) in [7, 11) is 0. The summed E-state index contributed by atoms with van der Waals surface area (Å²) < 4.78 is 5.13. The molecule has 0 bridgehead atoms. The summed E-state index contributed by atoms with van der Waals surface area (Å²) in [4.78, 5) is 11.5. The first-order valence-corrected chi connectivity index (χ1v) is 5.05. The number of carbonyl (C=O) groups is 1. The van der Waals surface area contributed by atoms with Crippen LogP contribution in [0.1, 0.15) is 16.2 Å². The molecule has 1 unspecified atom stereocenters. The van der Waals surface area contributed by atoms with E-state index in [0.717, 1.165) is 17.8 Å². The molecule has 1 saturated heterocycles. The monoisotopic (exact) mass is 214 g/mol. The van der Waals surface area contributed by atoms with E-state index in [1.54, 1.807) is 0 Å². The number of nitrogens with two attached hydrogens (primary N) is 1. The van der Waals surface area contributed by atoms with Crippen LogP contribution in [0.3, 0.4) is 0 Å². The zero-order valence-electron chi connectivity index (χ0n) is 7.40. The van der Waals surface area contributed by atoms with Crippen LogP contribution in [0.5, 0.6) is 0 Å². The van der Waals surface area contributed by atoms with Gasteiger partial charge in [0.05, 0.1) is 12.6 Å². The zero-order valence-corrected chi connectivity index (χ0v) is 8.21. The Morgan fingerprint density at radius 1 is 1.64 bits per heavy atom. The highest BCUT2D eigenvalue weighted by Crippen LogP contribution is 2.11. The van der Waals surface area contributed by atoms with Gasteiger partial charge in [0.2, 0.25) is 10.1 Å². The maximum atomic E-state index is 11.5. The highest BCUT2D eigenvalue weighted by atomic mass is 32.1. The third kappa shape index (κ3) is 1.99. The molecular formula is C7H10N4O2S. The van der Waals surface area contributed by atoms with E-state index in [1.165, 1.54) is 0 Å². The molecule has 0 saturated carbocycles. The molecule has 7 heteroatoms. The second kappa shape index (κ2) is 3.89. The van der Waals surface area contributed by atoms with Gasteiger partial charge in [-0.15, -0.1) is 10.2 Å². The fourth-order valence-corrected chi connectivity index (χ4v) is 1.73. The van der Waals surface area contributed by atoms with Crippen LogP contribution in [0.15, 0.2) is 0 Å². The number of nitrogens with one attached hydrogen (secondary N) is 1. The smallest absolute Gasteiger partial charge is 0.282 e. The lowest BCUT2D eigenvalue weighted by Crippen LogP contribution is -2.34. The quantitative estimate of drug-likeness (QED) is 0.701. The molecule has 1 fully saturated rings. The van der Waals surface area contributed by atoms with Crippen LogP contribution in [0.25, 0.3) is 0 Å². The largest absolute Gasteiger partial charge is 0.379 e. The van der Waals surface area contributed by atoms with E-state index in [4.69, 9.17) is 10.5 Å². The molecule has 1 aromatic heterocycles. The molecule has 1 atom stereocenters. The van der Waals surface area contributed by atoms with E-state index in [-0.39, 0.29) is 11.9 Å². The van der Waals surface area contributed by atoms with E-state index in [0.29, 0.717) is 23.4 Å². The first-order valence-electron chi connectivity index (χ1n) is 4.23. The minimum atomic E-state index is -0.227. The molecule has 3 N–H and O–H groups in total. The van der Waals surface area contributed by atoms with Crippen molar-refractivity contribution >= 4 is 22.4 Å². The van der Waals surface area contributed by atoms with Crippen molar-refractivity contribution in [3.8, 4) is 0 Å². The number of anilines is 1. The minimum absolute atomic E-state index is 0.0904. The van der Waals surface area contributed by atoms with Crippen molar-refractivity contribution in [3.63, 3.8) is 0 Å². The number of rotatable bonds is 2. The molecule has 76 valence electrons. The van der Waals surface area contributed by atoms with Crippen LogP contribution in [0.2, 0.25) is 0 Å². The van der Waals surface area contributed by atoms with E-state index in [2.05, 4.69) is 15.5 Å². The number of nitrogen functional groups attached to an aromatic ring is 1. The Hall–Kier alpha value is -1.21. The van der Waals surface area contributed by atoms with Gasteiger partial charge in [-0.05, 0) is 6.42 Å². The number of hydrogen-bond acceptors (Lipinski definition) is 6. The van der Waals surface area contributed by atoms with Crippen molar-refractivity contribution < 1.29 is 9.53 Å². The van der Waals surface area contributed by atoms with E-state index in [9.17, 15) is 4.79 Å². The highest BCUT2D eigenvalue weighted by Gasteiger charge is 2.20. The van der Waals surface area contributed by atoms with Crippen molar-refractivity contribution in [3.05, 3.63) is 5.01 Å². The topological polar surface area (TPSA) is 90.1 Å². The lowest BCUT2D eigenvalue weighted by Gasteiger charge is -2.07. The third-order valence-corrected chi connectivity index (χ3v) is 2.65. The van der Waals surface area contributed by atoms with Crippen molar-refractivity contribution in [2.75, 3.05) is 18.9 Å². The molecule has 14 heavy (non-hydrogen) atoms. The molecular weight excluding hydrogens is 204 g/mol.